The van der Waals surface area contributed by atoms with Gasteiger partial charge in [-0.25, -0.2) is 0 Å². The molecule has 2 heterocycles. The fraction of sp³-hybridized carbons (Fsp3) is 0.625. The minimum atomic E-state index is -0.659. The molecule has 0 spiro atoms. The van der Waals surface area contributed by atoms with Crippen molar-refractivity contribution in [1.29, 1.82) is 0 Å². The van der Waals surface area contributed by atoms with Gasteiger partial charge in [0.1, 0.15) is 6.54 Å². The van der Waals surface area contributed by atoms with Gasteiger partial charge in [-0.1, -0.05) is 13.8 Å². The second-order valence-electron chi connectivity index (χ2n) is 6.43. The van der Waals surface area contributed by atoms with Gasteiger partial charge in [-0.15, -0.1) is 0 Å². The van der Waals surface area contributed by atoms with E-state index in [1.54, 1.807) is 17.2 Å². The number of hydrogen-bond acceptors (Lipinski definition) is 6. The van der Waals surface area contributed by atoms with Crippen LogP contribution in [0.25, 0.3) is 0 Å². The molecule has 1 atom stereocenters. The van der Waals surface area contributed by atoms with Crippen LogP contribution < -0.4 is 16.4 Å². The third-order valence-electron chi connectivity index (χ3n) is 4.01. The minimum Gasteiger partial charge on any atom is -0.378 e. The van der Waals surface area contributed by atoms with Gasteiger partial charge in [0.25, 0.3) is 0 Å². The largest absolute Gasteiger partial charge is 0.378 e. The predicted molar refractivity (Wildman–Crippen MR) is 94.1 cm³/mol. The van der Waals surface area contributed by atoms with Crippen LogP contribution in [0.1, 0.15) is 13.8 Å². The Balaban J connectivity index is 1.77. The highest BCUT2D eigenvalue weighted by Gasteiger charge is 2.19. The van der Waals surface area contributed by atoms with E-state index in [2.05, 4.69) is 15.7 Å². The van der Waals surface area contributed by atoms with Gasteiger partial charge in [-0.05, 0) is 5.92 Å². The van der Waals surface area contributed by atoms with Crippen LogP contribution in [0.4, 0.5) is 5.82 Å². The van der Waals surface area contributed by atoms with Gasteiger partial charge in [0, 0.05) is 25.4 Å². The number of aromatic nitrogens is 2. The Labute approximate surface area is 152 Å². The Bertz CT molecular complexity index is 638. The molecule has 1 saturated heterocycles. The number of nitrogens with one attached hydrogen (secondary N) is 2. The van der Waals surface area contributed by atoms with Crippen LogP contribution in [0.15, 0.2) is 12.3 Å². The number of carbonyl (C=O) groups excluding carboxylic acids is 3. The van der Waals surface area contributed by atoms with Crippen LogP contribution in [0, 0.1) is 5.92 Å². The van der Waals surface area contributed by atoms with Gasteiger partial charge in [0.2, 0.25) is 17.7 Å². The second kappa shape index (κ2) is 9.30. The lowest BCUT2D eigenvalue weighted by Crippen LogP contribution is -2.46. The number of rotatable bonds is 7. The number of nitrogens with zero attached hydrogens (tertiary/aromatic N) is 3. The van der Waals surface area contributed by atoms with Crippen LogP contribution in [-0.2, 0) is 25.7 Å². The fourth-order valence-corrected chi connectivity index (χ4v) is 2.34. The molecule has 10 heteroatoms. The first-order valence-electron chi connectivity index (χ1n) is 8.59. The summed E-state index contributed by atoms with van der Waals surface area (Å²) >= 11 is 0. The van der Waals surface area contributed by atoms with Crippen molar-refractivity contribution in [1.82, 2.24) is 20.0 Å². The zero-order chi connectivity index (χ0) is 19.1. The van der Waals surface area contributed by atoms with Crippen molar-refractivity contribution < 1.29 is 19.1 Å². The SMILES string of the molecule is CC(C)[C@H](N)C(=O)NCC(=O)Nc1ccn(CC(=O)N2CCOCC2)n1. The van der Waals surface area contributed by atoms with Crippen LogP contribution in [0.3, 0.4) is 0 Å². The number of amides is 3. The summed E-state index contributed by atoms with van der Waals surface area (Å²) in [7, 11) is 0. The van der Waals surface area contributed by atoms with Crippen molar-refractivity contribution in [2.45, 2.75) is 26.4 Å². The number of carbonyl (C=O) groups is 3. The van der Waals surface area contributed by atoms with Gasteiger partial charge >= 0.3 is 0 Å². The van der Waals surface area contributed by atoms with E-state index in [1.807, 2.05) is 13.8 Å². The minimum absolute atomic E-state index is 0.0160. The summed E-state index contributed by atoms with van der Waals surface area (Å²) in [6.45, 7) is 5.78. The molecule has 2 rings (SSSR count). The highest BCUT2D eigenvalue weighted by Crippen LogP contribution is 2.04. The number of anilines is 1. The molecule has 3 amide bonds. The normalized spacial score (nSPS) is 15.6. The zero-order valence-corrected chi connectivity index (χ0v) is 15.1. The standard InChI is InChI=1S/C16H26N6O4/c1-11(2)15(17)16(25)18-9-13(23)19-12-3-4-22(20-12)10-14(24)21-5-7-26-8-6-21/h3-4,11,15H,5-10,17H2,1-2H3,(H,18,25)(H,19,20,23)/t15-/m0/s1. The Hall–Kier alpha value is -2.46. The molecule has 0 radical (unpaired) electrons. The molecule has 1 aromatic heterocycles. The number of hydrogen-bond donors (Lipinski definition) is 3. The van der Waals surface area contributed by atoms with Crippen LogP contribution >= 0.6 is 0 Å². The first kappa shape index (κ1) is 19.9. The Kier molecular flexibility index (Phi) is 7.10. The molecule has 1 aliphatic rings. The van der Waals surface area contributed by atoms with E-state index in [4.69, 9.17) is 10.5 Å². The smallest absolute Gasteiger partial charge is 0.244 e. The average molecular weight is 366 g/mol. The van der Waals surface area contributed by atoms with Crippen LogP contribution in [0.5, 0.6) is 0 Å². The van der Waals surface area contributed by atoms with Crippen LogP contribution in [0.2, 0.25) is 0 Å². The summed E-state index contributed by atoms with van der Waals surface area (Å²) in [4.78, 5) is 37.5. The van der Waals surface area contributed by atoms with Crippen molar-refractivity contribution in [3.8, 4) is 0 Å². The maximum absolute atomic E-state index is 12.2. The molecular formula is C16H26N6O4. The molecule has 0 aliphatic carbocycles. The summed E-state index contributed by atoms with van der Waals surface area (Å²) in [5.74, 6) is -0.551. The molecule has 0 aromatic carbocycles. The maximum atomic E-state index is 12.2. The lowest BCUT2D eigenvalue weighted by molar-refractivity contribution is -0.136. The summed E-state index contributed by atoms with van der Waals surface area (Å²) in [6, 6.07) is 0.930. The number of ether oxygens (including phenoxy) is 1. The Morgan fingerprint density at radius 1 is 1.31 bits per heavy atom. The molecule has 4 N–H and O–H groups in total. The lowest BCUT2D eigenvalue weighted by atomic mass is 10.1. The summed E-state index contributed by atoms with van der Waals surface area (Å²) in [6.07, 6.45) is 1.61. The van der Waals surface area contributed by atoms with Gasteiger partial charge in [0.05, 0.1) is 25.8 Å². The highest BCUT2D eigenvalue weighted by molar-refractivity contribution is 5.94. The van der Waals surface area contributed by atoms with Crippen molar-refractivity contribution in [3.05, 3.63) is 12.3 Å². The van der Waals surface area contributed by atoms with E-state index in [1.165, 1.54) is 4.68 Å². The molecular weight excluding hydrogens is 340 g/mol. The molecule has 1 aliphatic heterocycles. The van der Waals surface area contributed by atoms with Crippen molar-refractivity contribution >= 4 is 23.5 Å². The molecule has 1 fully saturated rings. The first-order valence-corrected chi connectivity index (χ1v) is 8.59. The summed E-state index contributed by atoms with van der Waals surface area (Å²) in [5, 5.41) is 9.19. The van der Waals surface area contributed by atoms with E-state index in [0.717, 1.165) is 0 Å². The fourth-order valence-electron chi connectivity index (χ4n) is 2.34. The predicted octanol–water partition coefficient (Wildman–Crippen LogP) is -1.22. The molecule has 0 saturated carbocycles. The van der Waals surface area contributed by atoms with Crippen LogP contribution in [-0.4, -0.2) is 71.3 Å². The lowest BCUT2D eigenvalue weighted by Gasteiger charge is -2.26. The van der Waals surface area contributed by atoms with Gasteiger partial charge < -0.3 is 26.0 Å². The van der Waals surface area contributed by atoms with Crippen molar-refractivity contribution in [2.75, 3.05) is 38.2 Å². The van der Waals surface area contributed by atoms with Crippen molar-refractivity contribution in [3.63, 3.8) is 0 Å². The van der Waals surface area contributed by atoms with E-state index in [9.17, 15) is 14.4 Å². The van der Waals surface area contributed by atoms with E-state index < -0.39 is 11.9 Å². The van der Waals surface area contributed by atoms with Crippen molar-refractivity contribution in [2.24, 2.45) is 11.7 Å². The highest BCUT2D eigenvalue weighted by atomic mass is 16.5. The molecule has 1 aromatic rings. The monoisotopic (exact) mass is 366 g/mol. The molecule has 10 nitrogen and oxygen atoms in total. The Morgan fingerprint density at radius 3 is 2.65 bits per heavy atom. The summed E-state index contributed by atoms with van der Waals surface area (Å²) < 4.78 is 6.67. The zero-order valence-electron chi connectivity index (χ0n) is 15.1. The quantitative estimate of drug-likeness (QED) is 0.554. The topological polar surface area (TPSA) is 132 Å². The molecule has 26 heavy (non-hydrogen) atoms. The van der Waals surface area contributed by atoms with Gasteiger partial charge in [-0.2, -0.15) is 5.10 Å². The van der Waals surface area contributed by atoms with E-state index >= 15 is 0 Å². The average Bonchev–Trinajstić information content (AvgIpc) is 3.06. The first-order chi connectivity index (χ1) is 12.4. The van der Waals surface area contributed by atoms with E-state index in [-0.39, 0.29) is 30.8 Å². The number of nitrogens with two attached hydrogens (primary N) is 1. The Morgan fingerprint density at radius 2 is 2.00 bits per heavy atom. The molecule has 0 bridgehead atoms. The maximum Gasteiger partial charge on any atom is 0.244 e. The number of morpholine rings is 1. The third-order valence-corrected chi connectivity index (χ3v) is 4.01. The molecule has 0 unspecified atom stereocenters. The van der Waals surface area contributed by atoms with E-state index in [0.29, 0.717) is 32.1 Å². The van der Waals surface area contributed by atoms with Gasteiger partial charge in [0.15, 0.2) is 5.82 Å². The summed E-state index contributed by atoms with van der Waals surface area (Å²) in [5.41, 5.74) is 5.71. The molecule has 144 valence electrons. The van der Waals surface area contributed by atoms with Gasteiger partial charge in [-0.3, -0.25) is 19.1 Å². The third kappa shape index (κ3) is 5.81. The second-order valence-corrected chi connectivity index (χ2v) is 6.43.